The number of amides is 1. The highest BCUT2D eigenvalue weighted by Crippen LogP contribution is 2.47. The van der Waals surface area contributed by atoms with Crippen molar-refractivity contribution in [3.63, 3.8) is 0 Å². The second kappa shape index (κ2) is 5.32. The minimum Gasteiger partial charge on any atom is -0.477 e. The van der Waals surface area contributed by atoms with Crippen LogP contribution in [0.1, 0.15) is 25.7 Å². The smallest absolute Gasteiger partial charge is 0.353 e. The Balaban J connectivity index is 1.96. The SMILES string of the molecule is [N-]=[N+]=NCCCCC1=C(C(=O)O)N2C(=O)C[C@@H]2S1. The van der Waals surface area contributed by atoms with Gasteiger partial charge in [-0.3, -0.25) is 9.69 Å². The molecule has 1 saturated heterocycles. The van der Waals surface area contributed by atoms with Gasteiger partial charge in [0.05, 0.1) is 11.8 Å². The maximum absolute atomic E-state index is 11.3. The lowest BCUT2D eigenvalue weighted by molar-refractivity contribution is -0.145. The van der Waals surface area contributed by atoms with E-state index in [4.69, 9.17) is 10.6 Å². The van der Waals surface area contributed by atoms with E-state index >= 15 is 0 Å². The Morgan fingerprint density at radius 3 is 3.00 bits per heavy atom. The maximum Gasteiger partial charge on any atom is 0.353 e. The number of carbonyl (C=O) groups excluding carboxylic acids is 1. The zero-order chi connectivity index (χ0) is 13.1. The molecule has 18 heavy (non-hydrogen) atoms. The number of hydrogen-bond acceptors (Lipinski definition) is 4. The summed E-state index contributed by atoms with van der Waals surface area (Å²) in [5.74, 6) is -1.16. The molecule has 96 valence electrons. The molecule has 0 aromatic heterocycles. The quantitative estimate of drug-likeness (QED) is 0.261. The number of carbonyl (C=O) groups is 2. The van der Waals surface area contributed by atoms with Crippen molar-refractivity contribution < 1.29 is 14.7 Å². The Labute approximate surface area is 107 Å². The number of aliphatic carboxylic acids is 1. The largest absolute Gasteiger partial charge is 0.477 e. The van der Waals surface area contributed by atoms with Gasteiger partial charge in [0.25, 0.3) is 0 Å². The Morgan fingerprint density at radius 1 is 1.61 bits per heavy atom. The molecule has 0 aliphatic carbocycles. The first-order valence-electron chi connectivity index (χ1n) is 5.61. The van der Waals surface area contributed by atoms with Gasteiger partial charge < -0.3 is 5.11 Å². The summed E-state index contributed by atoms with van der Waals surface area (Å²) in [7, 11) is 0. The summed E-state index contributed by atoms with van der Waals surface area (Å²) >= 11 is 1.46. The van der Waals surface area contributed by atoms with E-state index in [-0.39, 0.29) is 17.0 Å². The predicted molar refractivity (Wildman–Crippen MR) is 65.4 cm³/mol. The number of thioether (sulfide) groups is 1. The van der Waals surface area contributed by atoms with Gasteiger partial charge in [0.15, 0.2) is 0 Å². The lowest BCUT2D eigenvalue weighted by Gasteiger charge is -2.33. The van der Waals surface area contributed by atoms with E-state index < -0.39 is 5.97 Å². The Hall–Kier alpha value is -1.66. The van der Waals surface area contributed by atoms with Crippen molar-refractivity contribution in [3.8, 4) is 0 Å². The maximum atomic E-state index is 11.3. The van der Waals surface area contributed by atoms with Crippen LogP contribution in [0.4, 0.5) is 0 Å². The number of hydrogen-bond donors (Lipinski definition) is 1. The van der Waals surface area contributed by atoms with Crippen LogP contribution < -0.4 is 0 Å². The molecule has 0 bridgehead atoms. The van der Waals surface area contributed by atoms with Gasteiger partial charge in [-0.1, -0.05) is 5.11 Å². The van der Waals surface area contributed by atoms with Gasteiger partial charge in [-0.2, -0.15) is 0 Å². The number of β-lactam (4-membered cyclic amide) rings is 1. The van der Waals surface area contributed by atoms with Crippen LogP contribution in [0.15, 0.2) is 15.7 Å². The number of carboxylic acid groups (broad SMARTS) is 1. The molecule has 0 spiro atoms. The fourth-order valence-electron chi connectivity index (χ4n) is 2.02. The topological polar surface area (TPSA) is 106 Å². The molecule has 2 heterocycles. The normalized spacial score (nSPS) is 21.4. The molecule has 2 aliphatic rings. The van der Waals surface area contributed by atoms with Crippen molar-refractivity contribution >= 4 is 23.6 Å². The third-order valence-corrected chi connectivity index (χ3v) is 4.20. The zero-order valence-electron chi connectivity index (χ0n) is 9.57. The number of carboxylic acids is 1. The van der Waals surface area contributed by atoms with Gasteiger partial charge in [0.1, 0.15) is 5.70 Å². The van der Waals surface area contributed by atoms with Crippen LogP contribution >= 0.6 is 11.8 Å². The van der Waals surface area contributed by atoms with Crippen LogP contribution in [0.2, 0.25) is 0 Å². The highest BCUT2D eigenvalue weighted by atomic mass is 32.2. The monoisotopic (exact) mass is 268 g/mol. The van der Waals surface area contributed by atoms with Crippen LogP contribution in [0.5, 0.6) is 0 Å². The van der Waals surface area contributed by atoms with Gasteiger partial charge in [-0.05, 0) is 24.8 Å². The standard InChI is InChI=1S/C10H12N4O3S/c11-13-12-4-2-1-3-6-9(10(16)17)14-7(15)5-8(14)18-6/h8H,1-5H2,(H,16,17)/t8-/m0/s1. The van der Waals surface area contributed by atoms with Crippen molar-refractivity contribution in [1.82, 2.24) is 4.90 Å². The van der Waals surface area contributed by atoms with Gasteiger partial charge in [0, 0.05) is 16.4 Å². The van der Waals surface area contributed by atoms with Gasteiger partial charge in [-0.25, -0.2) is 4.79 Å². The van der Waals surface area contributed by atoms with Crippen LogP contribution in [0.25, 0.3) is 10.4 Å². The Bertz CT molecular complexity index is 470. The predicted octanol–water partition coefficient (Wildman–Crippen LogP) is 2.07. The molecule has 0 unspecified atom stereocenters. The molecule has 2 aliphatic heterocycles. The molecular formula is C10H12N4O3S. The molecule has 0 aromatic carbocycles. The number of fused-ring (bicyclic) bond motifs is 1. The fourth-order valence-corrected chi connectivity index (χ4v) is 3.46. The summed E-state index contributed by atoms with van der Waals surface area (Å²) in [5, 5.41) is 12.5. The van der Waals surface area contributed by atoms with Crippen molar-refractivity contribution in [3.05, 3.63) is 21.0 Å². The van der Waals surface area contributed by atoms with Crippen molar-refractivity contribution in [2.45, 2.75) is 31.1 Å². The number of unbranched alkanes of at least 4 members (excludes halogenated alkanes) is 1. The average Bonchev–Trinajstić information content (AvgIpc) is 2.62. The summed E-state index contributed by atoms with van der Waals surface area (Å²) in [6, 6.07) is 0. The molecule has 2 rings (SSSR count). The van der Waals surface area contributed by atoms with E-state index in [9.17, 15) is 9.59 Å². The summed E-state index contributed by atoms with van der Waals surface area (Å²) in [5.41, 5.74) is 8.27. The van der Waals surface area contributed by atoms with E-state index in [1.807, 2.05) is 0 Å². The van der Waals surface area contributed by atoms with Gasteiger partial charge >= 0.3 is 5.97 Å². The molecule has 0 radical (unpaired) electrons. The van der Waals surface area contributed by atoms with Crippen molar-refractivity contribution in [2.75, 3.05) is 6.54 Å². The molecule has 7 nitrogen and oxygen atoms in total. The number of nitrogens with zero attached hydrogens (tertiary/aromatic N) is 4. The third kappa shape index (κ3) is 2.30. The van der Waals surface area contributed by atoms with E-state index in [1.165, 1.54) is 16.7 Å². The minimum absolute atomic E-state index is 0.0178. The summed E-state index contributed by atoms with van der Waals surface area (Å²) < 4.78 is 0. The second-order valence-corrected chi connectivity index (χ2v) is 5.30. The zero-order valence-corrected chi connectivity index (χ0v) is 10.4. The lowest BCUT2D eigenvalue weighted by Crippen LogP contribution is -2.48. The van der Waals surface area contributed by atoms with E-state index in [0.717, 1.165) is 17.7 Å². The summed E-state index contributed by atoms with van der Waals surface area (Å²) in [6.07, 6.45) is 2.52. The molecule has 1 fully saturated rings. The lowest BCUT2D eigenvalue weighted by atomic mass is 10.1. The number of rotatable bonds is 6. The van der Waals surface area contributed by atoms with Crippen molar-refractivity contribution in [2.24, 2.45) is 5.11 Å². The number of allylic oxidation sites excluding steroid dienone is 1. The molecule has 1 atom stereocenters. The molecule has 8 heteroatoms. The molecule has 0 aromatic rings. The van der Waals surface area contributed by atoms with Crippen LogP contribution in [-0.2, 0) is 9.59 Å². The fraction of sp³-hybridized carbons (Fsp3) is 0.600. The summed E-state index contributed by atoms with van der Waals surface area (Å²) in [4.78, 5) is 27.3. The highest BCUT2D eigenvalue weighted by Gasteiger charge is 2.47. The number of azide groups is 1. The third-order valence-electron chi connectivity index (χ3n) is 2.87. The van der Waals surface area contributed by atoms with E-state index in [0.29, 0.717) is 19.4 Å². The molecule has 1 N–H and O–H groups in total. The van der Waals surface area contributed by atoms with Crippen LogP contribution in [-0.4, -0.2) is 33.8 Å². The molecule has 0 saturated carbocycles. The van der Waals surface area contributed by atoms with E-state index in [1.54, 1.807) is 0 Å². The first-order valence-corrected chi connectivity index (χ1v) is 6.49. The average molecular weight is 268 g/mol. The molecule has 1 amide bonds. The second-order valence-electron chi connectivity index (χ2n) is 4.03. The van der Waals surface area contributed by atoms with Crippen LogP contribution in [0.3, 0.4) is 0 Å². The Morgan fingerprint density at radius 2 is 2.39 bits per heavy atom. The highest BCUT2D eigenvalue weighted by molar-refractivity contribution is 8.04. The minimum atomic E-state index is -1.04. The van der Waals surface area contributed by atoms with Crippen LogP contribution in [0, 0.1) is 0 Å². The van der Waals surface area contributed by atoms with Gasteiger partial charge in [-0.15, -0.1) is 11.8 Å². The van der Waals surface area contributed by atoms with Gasteiger partial charge in [0.2, 0.25) is 5.91 Å². The Kier molecular flexibility index (Phi) is 3.78. The molecular weight excluding hydrogens is 256 g/mol. The van der Waals surface area contributed by atoms with E-state index in [2.05, 4.69) is 10.0 Å². The first kappa shape index (κ1) is 12.8. The first-order chi connectivity index (χ1) is 8.65. The van der Waals surface area contributed by atoms with Crippen molar-refractivity contribution in [1.29, 1.82) is 0 Å². The summed E-state index contributed by atoms with van der Waals surface area (Å²) in [6.45, 7) is 0.420.